The van der Waals surface area contributed by atoms with Gasteiger partial charge in [-0.15, -0.1) is 0 Å². The number of carboxylic acids is 1. The van der Waals surface area contributed by atoms with Crippen LogP contribution in [0.15, 0.2) is 71.6 Å². The van der Waals surface area contributed by atoms with Crippen LogP contribution in [-0.2, 0) is 31.4 Å². The van der Waals surface area contributed by atoms with E-state index in [0.29, 0.717) is 16.8 Å². The van der Waals surface area contributed by atoms with Gasteiger partial charge >= 0.3 is 39.4 Å². The predicted molar refractivity (Wildman–Crippen MR) is 131 cm³/mol. The second-order valence-electron chi connectivity index (χ2n) is 9.24. The Morgan fingerprint density at radius 1 is 0.791 bits per heavy atom. The Hall–Kier alpha value is -3.58. The number of alkyl halides is 9. The fourth-order valence-corrected chi connectivity index (χ4v) is 5.99. The predicted octanol–water partition coefficient (Wildman–Crippen LogP) is 5.34. The van der Waals surface area contributed by atoms with Crippen LogP contribution in [0.5, 0.6) is 5.75 Å². The minimum absolute atomic E-state index is 0.431. The fraction of sp³-hybridized carbons (Fsp3) is 0.292. The maximum atomic E-state index is 14.2. The van der Waals surface area contributed by atoms with Crippen molar-refractivity contribution in [1.82, 2.24) is 4.72 Å². The van der Waals surface area contributed by atoms with Gasteiger partial charge in [0, 0.05) is 6.42 Å². The number of benzene rings is 3. The molecule has 0 amide bonds. The number of carbonyl (C=O) groups is 1. The van der Waals surface area contributed by atoms with E-state index >= 15 is 0 Å². The molecule has 0 aliphatic heterocycles. The largest absolute Gasteiger partial charge is 0.480 e. The molecule has 0 aliphatic rings. The minimum atomic E-state index is -7.57. The van der Waals surface area contributed by atoms with Crippen LogP contribution in [0.1, 0.15) is 12.5 Å². The van der Waals surface area contributed by atoms with Crippen molar-refractivity contribution in [1.29, 1.82) is 0 Å². The first-order chi connectivity index (χ1) is 19.4. The van der Waals surface area contributed by atoms with Crippen molar-refractivity contribution in [3.05, 3.63) is 72.3 Å². The first kappa shape index (κ1) is 33.9. The van der Waals surface area contributed by atoms with Crippen LogP contribution in [-0.4, -0.2) is 56.7 Å². The SMILES string of the molecule is CC(Cc1ccccc1OS(=O)(=O)C(F)(F)C(F)(F)C(F)(F)C(F)(F)F)(NS(=O)(=O)c1ccc2ccccc2c1)C(=O)O. The molecule has 19 heteroatoms. The second kappa shape index (κ2) is 10.8. The smallest absolute Gasteiger partial charge is 0.460 e. The summed E-state index contributed by atoms with van der Waals surface area (Å²) in [7, 11) is -12.1. The van der Waals surface area contributed by atoms with E-state index in [-0.39, 0.29) is 0 Å². The average Bonchev–Trinajstić information content (AvgIpc) is 2.88. The summed E-state index contributed by atoms with van der Waals surface area (Å²) in [5.41, 5.74) is -3.40. The van der Waals surface area contributed by atoms with Gasteiger partial charge in [-0.3, -0.25) is 4.79 Å². The molecular formula is C24H18F9NO7S2. The van der Waals surface area contributed by atoms with Gasteiger partial charge in [-0.2, -0.15) is 52.7 Å². The number of hydrogen-bond acceptors (Lipinski definition) is 6. The molecule has 3 aromatic carbocycles. The third-order valence-corrected chi connectivity index (χ3v) is 8.89. The van der Waals surface area contributed by atoms with Crippen LogP contribution < -0.4 is 8.91 Å². The molecule has 0 aromatic heterocycles. The quantitative estimate of drug-likeness (QED) is 0.209. The summed E-state index contributed by atoms with van der Waals surface area (Å²) in [4.78, 5) is 11.7. The van der Waals surface area contributed by atoms with Crippen molar-refractivity contribution in [3.8, 4) is 5.75 Å². The van der Waals surface area contributed by atoms with Crippen LogP contribution in [0.4, 0.5) is 39.5 Å². The Kier molecular flexibility index (Phi) is 8.56. The van der Waals surface area contributed by atoms with Crippen LogP contribution in [0, 0.1) is 0 Å². The Labute approximate surface area is 237 Å². The van der Waals surface area contributed by atoms with E-state index in [0.717, 1.165) is 31.2 Å². The number of hydrogen-bond donors (Lipinski definition) is 2. The molecule has 0 fully saturated rings. The summed E-state index contributed by atoms with van der Waals surface area (Å²) in [6.07, 6.45) is -8.44. The average molecular weight is 668 g/mol. The van der Waals surface area contributed by atoms with Gasteiger partial charge in [0.25, 0.3) is 0 Å². The minimum Gasteiger partial charge on any atom is -0.480 e. The number of sulfonamides is 1. The van der Waals surface area contributed by atoms with Crippen molar-refractivity contribution in [2.45, 2.75) is 47.1 Å². The molecule has 8 nitrogen and oxygen atoms in total. The zero-order valence-corrected chi connectivity index (χ0v) is 22.8. The van der Waals surface area contributed by atoms with Gasteiger partial charge in [-0.1, -0.05) is 48.5 Å². The van der Waals surface area contributed by atoms with Crippen LogP contribution in [0.2, 0.25) is 0 Å². The van der Waals surface area contributed by atoms with Crippen molar-refractivity contribution in [2.24, 2.45) is 0 Å². The Bertz CT molecular complexity index is 1760. The highest BCUT2D eigenvalue weighted by atomic mass is 32.2. The maximum absolute atomic E-state index is 14.2. The lowest BCUT2D eigenvalue weighted by atomic mass is 9.93. The van der Waals surface area contributed by atoms with Gasteiger partial charge < -0.3 is 9.29 Å². The third-order valence-electron chi connectivity index (χ3n) is 6.01. The maximum Gasteiger partial charge on any atom is 0.460 e. The molecule has 1 atom stereocenters. The number of fused-ring (bicyclic) bond motifs is 1. The van der Waals surface area contributed by atoms with Gasteiger partial charge in [-0.25, -0.2) is 8.42 Å². The molecular weight excluding hydrogens is 649 g/mol. The van der Waals surface area contributed by atoms with Crippen molar-refractivity contribution in [3.63, 3.8) is 0 Å². The highest BCUT2D eigenvalue weighted by Crippen LogP contribution is 2.55. The van der Waals surface area contributed by atoms with Gasteiger partial charge in [0.15, 0.2) is 0 Å². The van der Waals surface area contributed by atoms with Gasteiger partial charge in [0.2, 0.25) is 10.0 Å². The summed E-state index contributed by atoms with van der Waals surface area (Å²) in [6.45, 7) is 0.756. The normalized spacial score (nSPS) is 15.2. The molecule has 0 bridgehead atoms. The number of halogens is 9. The molecule has 2 N–H and O–H groups in total. The molecule has 0 saturated heterocycles. The molecule has 43 heavy (non-hydrogen) atoms. The highest BCUT2D eigenvalue weighted by molar-refractivity contribution is 7.89. The molecule has 0 radical (unpaired) electrons. The molecule has 0 aliphatic carbocycles. The zero-order valence-electron chi connectivity index (χ0n) is 21.2. The zero-order chi connectivity index (χ0) is 32.9. The summed E-state index contributed by atoms with van der Waals surface area (Å²) in [6, 6.07) is 13.2. The molecule has 0 spiro atoms. The van der Waals surface area contributed by atoms with Gasteiger partial charge in [-0.05, 0) is 41.5 Å². The lowest BCUT2D eigenvalue weighted by molar-refractivity contribution is -0.382. The molecule has 3 rings (SSSR count). The molecule has 0 saturated carbocycles. The number of carboxylic acid groups (broad SMARTS) is 1. The number of aliphatic carboxylic acids is 1. The van der Waals surface area contributed by atoms with E-state index in [1.54, 1.807) is 24.3 Å². The second-order valence-corrected chi connectivity index (χ2v) is 12.5. The summed E-state index contributed by atoms with van der Waals surface area (Å²) >= 11 is 0. The standard InChI is InChI=1S/C24H18F9NO7S2/c1-20(19(35)36,34-42(37,38)17-11-10-14-6-2-3-7-15(14)12-17)13-16-8-4-5-9-18(16)41-43(39,40)24(32,33)22(27,28)21(25,26)23(29,30)31/h2-12,34H,13H2,1H3,(H,35,36). The van der Waals surface area contributed by atoms with Crippen LogP contribution in [0.25, 0.3) is 10.8 Å². The number of nitrogens with one attached hydrogen (secondary N) is 1. The number of rotatable bonds is 11. The lowest BCUT2D eigenvalue weighted by Gasteiger charge is -2.32. The van der Waals surface area contributed by atoms with Gasteiger partial charge in [0.1, 0.15) is 11.3 Å². The third kappa shape index (κ3) is 6.10. The van der Waals surface area contributed by atoms with E-state index in [9.17, 15) is 66.3 Å². The summed E-state index contributed by atoms with van der Waals surface area (Å²) in [5, 5.41) is 3.67. The van der Waals surface area contributed by atoms with Crippen molar-refractivity contribution < 1.29 is 70.4 Å². The summed E-state index contributed by atoms with van der Waals surface area (Å²) < 4.78 is 176. The molecule has 1 unspecified atom stereocenters. The van der Waals surface area contributed by atoms with E-state index in [1.165, 1.54) is 12.1 Å². The van der Waals surface area contributed by atoms with Crippen LogP contribution in [0.3, 0.4) is 0 Å². The Morgan fingerprint density at radius 2 is 1.33 bits per heavy atom. The highest BCUT2D eigenvalue weighted by Gasteiger charge is 2.86. The van der Waals surface area contributed by atoms with E-state index in [1.807, 2.05) is 4.72 Å². The summed E-state index contributed by atoms with van der Waals surface area (Å²) in [5.74, 6) is -18.4. The van der Waals surface area contributed by atoms with Crippen molar-refractivity contribution >= 4 is 36.9 Å². The lowest BCUT2D eigenvalue weighted by Crippen LogP contribution is -2.63. The first-order valence-corrected chi connectivity index (χ1v) is 14.3. The molecule has 3 aromatic rings. The van der Waals surface area contributed by atoms with E-state index in [2.05, 4.69) is 4.18 Å². The first-order valence-electron chi connectivity index (χ1n) is 11.4. The fourth-order valence-electron chi connectivity index (χ4n) is 3.65. The van der Waals surface area contributed by atoms with Gasteiger partial charge in [0.05, 0.1) is 4.90 Å². The Morgan fingerprint density at radius 3 is 1.88 bits per heavy atom. The molecule has 236 valence electrons. The number of para-hydroxylation sites is 1. The van der Waals surface area contributed by atoms with Crippen LogP contribution >= 0.6 is 0 Å². The monoisotopic (exact) mass is 667 g/mol. The Balaban J connectivity index is 1.99. The van der Waals surface area contributed by atoms with Crippen molar-refractivity contribution in [2.75, 3.05) is 0 Å². The molecule has 0 heterocycles. The van der Waals surface area contributed by atoms with E-state index < -0.39 is 77.6 Å². The van der Waals surface area contributed by atoms with E-state index in [4.69, 9.17) is 0 Å². The topological polar surface area (TPSA) is 127 Å².